The van der Waals surface area contributed by atoms with E-state index >= 15 is 0 Å². The molecule has 0 saturated heterocycles. The Morgan fingerprint density at radius 3 is 1.97 bits per heavy atom. The van der Waals surface area contributed by atoms with Crippen LogP contribution in [0.25, 0.3) is 0 Å². The summed E-state index contributed by atoms with van der Waals surface area (Å²) in [6, 6.07) is 4.17. The van der Waals surface area contributed by atoms with Gasteiger partial charge in [0.2, 0.25) is 5.91 Å². The van der Waals surface area contributed by atoms with Crippen molar-refractivity contribution in [3.05, 3.63) is 58.1 Å². The van der Waals surface area contributed by atoms with Crippen molar-refractivity contribution in [2.24, 2.45) is 0 Å². The Kier molecular flexibility index (Phi) is 8.46. The Balaban J connectivity index is 2.41. The van der Waals surface area contributed by atoms with Gasteiger partial charge in [-0.15, -0.1) is 11.6 Å². The number of nitrogens with zero attached hydrogens (tertiary/aromatic N) is 1. The third-order valence-corrected chi connectivity index (χ3v) is 6.65. The van der Waals surface area contributed by atoms with Gasteiger partial charge in [0.05, 0.1) is 9.82 Å². The van der Waals surface area contributed by atoms with Crippen molar-refractivity contribution < 1.29 is 54.4 Å². The summed E-state index contributed by atoms with van der Waals surface area (Å²) in [5.74, 6) is -5.87. The molecular weight excluding hydrogens is 564 g/mol. The molecule has 3 N–H and O–H groups in total. The van der Waals surface area contributed by atoms with Crippen LogP contribution in [0.2, 0.25) is 0 Å². The molecule has 2 aromatic carbocycles. The predicted octanol–water partition coefficient (Wildman–Crippen LogP) is 3.50. The molecule has 0 aliphatic rings. The van der Waals surface area contributed by atoms with E-state index in [9.17, 15) is 59.6 Å². The highest BCUT2D eigenvalue weighted by atomic mass is 35.5. The number of alkyl halides is 7. The van der Waals surface area contributed by atoms with Crippen molar-refractivity contribution in [2.75, 3.05) is 22.3 Å². The summed E-state index contributed by atoms with van der Waals surface area (Å²) in [4.78, 5) is 32.2. The summed E-state index contributed by atoms with van der Waals surface area (Å²) in [6.45, 7) is 0. The van der Waals surface area contributed by atoms with E-state index in [4.69, 9.17) is 11.6 Å². The van der Waals surface area contributed by atoms with Crippen molar-refractivity contribution >= 4 is 50.3 Å². The molecule has 10 nitrogen and oxygen atoms in total. The highest BCUT2D eigenvalue weighted by Crippen LogP contribution is 2.39. The number of carbonyl (C=O) groups is 2. The second-order valence-electron chi connectivity index (χ2n) is 7.26. The molecular formula is C19H14ClF6N3O7S. The quantitative estimate of drug-likeness (QED) is 0.188. The van der Waals surface area contributed by atoms with Crippen molar-refractivity contribution in [2.45, 2.75) is 22.8 Å². The zero-order chi connectivity index (χ0) is 28.4. The molecule has 18 heteroatoms. The summed E-state index contributed by atoms with van der Waals surface area (Å²) in [7, 11) is -5.08. The summed E-state index contributed by atoms with van der Waals surface area (Å²) in [5.41, 5.74) is -9.06. The molecule has 0 radical (unpaired) electrons. The third kappa shape index (κ3) is 6.86. The number of nitro groups is 1. The topological polar surface area (TPSA) is 156 Å². The molecule has 202 valence electrons. The van der Waals surface area contributed by atoms with Crippen molar-refractivity contribution in [1.82, 2.24) is 0 Å². The Labute approximate surface area is 208 Å². The highest BCUT2D eigenvalue weighted by molar-refractivity contribution is 7.91. The number of rotatable bonds is 8. The molecule has 0 heterocycles. The van der Waals surface area contributed by atoms with E-state index in [-0.39, 0.29) is 17.8 Å². The summed E-state index contributed by atoms with van der Waals surface area (Å²) in [5, 5.41) is 24.5. The maximum atomic E-state index is 13.7. The van der Waals surface area contributed by atoms with Crippen LogP contribution in [0.1, 0.15) is 5.56 Å². The zero-order valence-electron chi connectivity index (χ0n) is 17.9. The Morgan fingerprint density at radius 2 is 1.51 bits per heavy atom. The van der Waals surface area contributed by atoms with E-state index in [0.29, 0.717) is 6.07 Å². The molecule has 0 spiro atoms. The molecule has 0 bridgehead atoms. The number of sulfone groups is 1. The normalized spacial score (nSPS) is 13.9. The third-order valence-electron chi connectivity index (χ3n) is 4.62. The lowest BCUT2D eigenvalue weighted by Crippen LogP contribution is -2.59. The Morgan fingerprint density at radius 1 is 0.973 bits per heavy atom. The summed E-state index contributed by atoms with van der Waals surface area (Å²) in [6.07, 6.45) is -11.3. The standard InChI is InChI=1S/C19H14ClF6N3O7S/c20-8-15(30)27-10-1-4-12(5-2-10)37(35,36)9-17(32,19(24,25)26)16(31)28-11-3-6-14(29(33)34)13(7-11)18(21,22)23/h1-7,32H,8-9H2,(H,27,30)(H,28,31). The molecule has 2 amide bonds. The van der Waals surface area contributed by atoms with E-state index in [1.54, 1.807) is 0 Å². The average Bonchev–Trinajstić information content (AvgIpc) is 2.77. The first-order valence-electron chi connectivity index (χ1n) is 9.46. The van der Waals surface area contributed by atoms with Crippen molar-refractivity contribution in [1.29, 1.82) is 0 Å². The Hall–Kier alpha value is -3.44. The molecule has 0 aliphatic carbocycles. The van der Waals surface area contributed by atoms with E-state index in [1.165, 1.54) is 5.32 Å². The maximum Gasteiger partial charge on any atom is 0.427 e. The van der Waals surface area contributed by atoms with Gasteiger partial charge < -0.3 is 15.7 Å². The van der Waals surface area contributed by atoms with Gasteiger partial charge in [0, 0.05) is 17.4 Å². The number of nitro benzene ring substituents is 1. The minimum absolute atomic E-state index is 0.0204. The van der Waals surface area contributed by atoms with Crippen LogP contribution in [0.15, 0.2) is 47.4 Å². The minimum atomic E-state index is -5.94. The zero-order valence-corrected chi connectivity index (χ0v) is 19.4. The molecule has 2 aromatic rings. The molecule has 0 saturated carbocycles. The maximum absolute atomic E-state index is 13.7. The van der Waals surface area contributed by atoms with Gasteiger partial charge >= 0.3 is 12.4 Å². The highest BCUT2D eigenvalue weighted by Gasteiger charge is 2.62. The van der Waals surface area contributed by atoms with Crippen LogP contribution < -0.4 is 10.6 Å². The fourth-order valence-corrected chi connectivity index (χ4v) is 4.44. The minimum Gasteiger partial charge on any atom is -0.372 e. The lowest BCUT2D eigenvalue weighted by atomic mass is 10.0. The number of halogens is 7. The molecule has 1 atom stereocenters. The van der Waals surface area contributed by atoms with Gasteiger partial charge in [0.15, 0.2) is 9.84 Å². The van der Waals surface area contributed by atoms with Gasteiger partial charge in [-0.3, -0.25) is 19.7 Å². The van der Waals surface area contributed by atoms with E-state index in [1.807, 2.05) is 0 Å². The number of carbonyl (C=O) groups excluding carboxylic acids is 2. The lowest BCUT2D eigenvalue weighted by Gasteiger charge is -2.29. The second kappa shape index (κ2) is 10.5. The van der Waals surface area contributed by atoms with Crippen LogP contribution >= 0.6 is 11.6 Å². The van der Waals surface area contributed by atoms with Crippen LogP contribution in [-0.2, 0) is 25.6 Å². The van der Waals surface area contributed by atoms with Gasteiger partial charge in [-0.05, 0) is 36.4 Å². The molecule has 37 heavy (non-hydrogen) atoms. The van der Waals surface area contributed by atoms with E-state index in [0.717, 1.165) is 24.3 Å². The van der Waals surface area contributed by atoms with E-state index in [2.05, 4.69) is 5.32 Å². The average molecular weight is 578 g/mol. The number of amides is 2. The Bertz CT molecular complexity index is 1320. The van der Waals surface area contributed by atoms with E-state index < -0.39 is 78.0 Å². The number of aliphatic hydroxyl groups is 1. The summed E-state index contributed by atoms with van der Waals surface area (Å²) >= 11 is 5.30. The van der Waals surface area contributed by atoms with Gasteiger partial charge in [-0.1, -0.05) is 0 Å². The van der Waals surface area contributed by atoms with Crippen molar-refractivity contribution in [3.63, 3.8) is 0 Å². The summed E-state index contributed by atoms with van der Waals surface area (Å²) < 4.78 is 106. The first-order chi connectivity index (χ1) is 16.8. The van der Waals surface area contributed by atoms with Crippen LogP contribution in [-0.4, -0.2) is 53.7 Å². The second-order valence-corrected chi connectivity index (χ2v) is 9.52. The SMILES string of the molecule is O=C(CCl)Nc1ccc(S(=O)(=O)CC(O)(C(=O)Nc2ccc([N+](=O)[O-])c(C(F)(F)F)c2)C(F)(F)F)cc1. The van der Waals surface area contributed by atoms with Gasteiger partial charge in [0.25, 0.3) is 17.2 Å². The van der Waals surface area contributed by atoms with Crippen LogP contribution in [0.4, 0.5) is 43.4 Å². The van der Waals surface area contributed by atoms with Gasteiger partial charge in [-0.2, -0.15) is 26.3 Å². The molecule has 0 aliphatic heterocycles. The molecule has 0 fully saturated rings. The first kappa shape index (κ1) is 29.8. The van der Waals surface area contributed by atoms with Crippen LogP contribution in [0.3, 0.4) is 0 Å². The lowest BCUT2D eigenvalue weighted by molar-refractivity contribution is -0.388. The predicted molar refractivity (Wildman–Crippen MR) is 116 cm³/mol. The van der Waals surface area contributed by atoms with Crippen LogP contribution in [0, 0.1) is 10.1 Å². The number of anilines is 2. The number of nitrogens with one attached hydrogen (secondary N) is 2. The monoisotopic (exact) mass is 577 g/mol. The van der Waals surface area contributed by atoms with Gasteiger partial charge in [0.1, 0.15) is 17.2 Å². The smallest absolute Gasteiger partial charge is 0.372 e. The number of hydrogen-bond donors (Lipinski definition) is 3. The molecule has 0 aromatic heterocycles. The fraction of sp³-hybridized carbons (Fsp3) is 0.263. The molecule has 2 rings (SSSR count). The molecule has 1 unspecified atom stereocenters. The fourth-order valence-electron chi connectivity index (χ4n) is 2.81. The van der Waals surface area contributed by atoms with Crippen molar-refractivity contribution in [3.8, 4) is 0 Å². The van der Waals surface area contributed by atoms with Gasteiger partial charge in [-0.25, -0.2) is 8.42 Å². The number of hydrogen-bond acceptors (Lipinski definition) is 7. The number of benzene rings is 2. The first-order valence-corrected chi connectivity index (χ1v) is 11.7. The van der Waals surface area contributed by atoms with Crippen LogP contribution in [0.5, 0.6) is 0 Å². The largest absolute Gasteiger partial charge is 0.427 e.